The average molecular weight is 329 g/mol. The molecule has 2 rings (SSSR count). The molecule has 0 N–H and O–H groups in total. The normalized spacial score (nSPS) is 29.0. The van der Waals surface area contributed by atoms with Crippen LogP contribution >= 0.6 is 0 Å². The second-order valence-electron chi connectivity index (χ2n) is 6.49. The van der Waals surface area contributed by atoms with Crippen LogP contribution in [0.2, 0.25) is 0 Å². The lowest BCUT2D eigenvalue weighted by Crippen LogP contribution is -2.19. The molecule has 0 spiro atoms. The van der Waals surface area contributed by atoms with Gasteiger partial charge in [0.1, 0.15) is 0 Å². The van der Waals surface area contributed by atoms with Gasteiger partial charge in [-0.1, -0.05) is 121 Å². The Morgan fingerprint density at radius 3 is 0.870 bits per heavy atom. The number of hydrogen-bond donors (Lipinski definition) is 0. The predicted octanol–water partition coefficient (Wildman–Crippen LogP) is 9.13. The maximum atomic E-state index is 2.43. The zero-order valence-corrected chi connectivity index (χ0v) is 18.7. The van der Waals surface area contributed by atoms with E-state index >= 15 is 0 Å². The van der Waals surface area contributed by atoms with Gasteiger partial charge in [0.15, 0.2) is 0 Å². The minimum atomic E-state index is 1.02. The summed E-state index contributed by atoms with van der Waals surface area (Å²) < 4.78 is 0. The molecule has 23 heavy (non-hydrogen) atoms. The van der Waals surface area contributed by atoms with E-state index in [1.54, 1.807) is 6.42 Å². The van der Waals surface area contributed by atoms with Crippen LogP contribution in [0.3, 0.4) is 0 Å². The molecule has 2 aliphatic carbocycles. The van der Waals surface area contributed by atoms with Crippen molar-refractivity contribution in [2.75, 3.05) is 0 Å². The van der Waals surface area contributed by atoms with Crippen LogP contribution in [0.4, 0.5) is 0 Å². The summed E-state index contributed by atoms with van der Waals surface area (Å²) in [7, 11) is 0. The molecule has 2 saturated carbocycles. The molecule has 0 heterocycles. The highest BCUT2D eigenvalue weighted by Crippen LogP contribution is 2.37. The summed E-state index contributed by atoms with van der Waals surface area (Å²) >= 11 is 0. The lowest BCUT2D eigenvalue weighted by atomic mass is 9.74. The third-order valence-electron chi connectivity index (χ3n) is 4.94. The molecule has 0 nitrogen and oxygen atoms in total. The van der Waals surface area contributed by atoms with Gasteiger partial charge < -0.3 is 0 Å². The molecule has 0 unspecified atom stereocenters. The largest absolute Gasteiger partial charge is 0.0683 e. The molecular formula is C23H52. The molecule has 0 radical (unpaired) electrons. The molecule has 0 saturated heterocycles. The van der Waals surface area contributed by atoms with Crippen LogP contribution in [-0.4, -0.2) is 0 Å². The third-order valence-corrected chi connectivity index (χ3v) is 4.94. The fourth-order valence-electron chi connectivity index (χ4n) is 3.60. The van der Waals surface area contributed by atoms with Crippen LogP contribution in [0.15, 0.2) is 0 Å². The molecule has 144 valence electrons. The summed E-state index contributed by atoms with van der Waals surface area (Å²) in [6.45, 7) is 20.9. The monoisotopic (exact) mass is 328 g/mol. The quantitative estimate of drug-likeness (QED) is 0.474. The van der Waals surface area contributed by atoms with Gasteiger partial charge in [-0.25, -0.2) is 0 Å². The fraction of sp³-hybridized carbons (Fsp3) is 1.00. The molecule has 2 fully saturated rings. The van der Waals surface area contributed by atoms with Crippen molar-refractivity contribution in [3.63, 3.8) is 0 Å². The predicted molar refractivity (Wildman–Crippen MR) is 112 cm³/mol. The van der Waals surface area contributed by atoms with Crippen molar-refractivity contribution in [2.24, 2.45) is 23.7 Å². The minimum Gasteiger partial charge on any atom is -0.0683 e. The van der Waals surface area contributed by atoms with Crippen molar-refractivity contribution in [3.8, 4) is 0 Å². The van der Waals surface area contributed by atoms with Crippen LogP contribution < -0.4 is 0 Å². The van der Waals surface area contributed by atoms with E-state index in [1.807, 2.05) is 55.4 Å². The maximum absolute atomic E-state index is 2.43. The summed E-state index contributed by atoms with van der Waals surface area (Å²) in [5.41, 5.74) is 0. The van der Waals surface area contributed by atoms with Crippen molar-refractivity contribution in [1.29, 1.82) is 0 Å². The first-order valence-corrected chi connectivity index (χ1v) is 11.2. The van der Waals surface area contributed by atoms with Crippen molar-refractivity contribution in [3.05, 3.63) is 0 Å². The molecule has 0 aliphatic heterocycles. The van der Waals surface area contributed by atoms with E-state index in [0.717, 1.165) is 23.7 Å². The second-order valence-corrected chi connectivity index (χ2v) is 6.49. The molecule has 2 aliphatic rings. The Morgan fingerprint density at radius 2 is 0.652 bits per heavy atom. The minimum absolute atomic E-state index is 1.02. The van der Waals surface area contributed by atoms with E-state index < -0.39 is 0 Å². The third kappa shape index (κ3) is 15.3. The molecule has 0 amide bonds. The van der Waals surface area contributed by atoms with E-state index in [4.69, 9.17) is 0 Å². The Hall–Kier alpha value is 0. The molecule has 0 heteroatoms. The van der Waals surface area contributed by atoms with Gasteiger partial charge in [-0.3, -0.25) is 0 Å². The average Bonchev–Trinajstić information content (AvgIpc) is 2.66. The van der Waals surface area contributed by atoms with Crippen molar-refractivity contribution < 1.29 is 0 Å². The van der Waals surface area contributed by atoms with Gasteiger partial charge >= 0.3 is 0 Å². The van der Waals surface area contributed by atoms with E-state index in [-0.39, 0.29) is 0 Å². The van der Waals surface area contributed by atoms with E-state index in [9.17, 15) is 0 Å². The molecule has 0 aromatic rings. The lowest BCUT2D eigenvalue weighted by Gasteiger charge is -2.32. The van der Waals surface area contributed by atoms with Crippen molar-refractivity contribution in [2.45, 2.75) is 127 Å². The highest BCUT2D eigenvalue weighted by Gasteiger charge is 2.24. The first-order chi connectivity index (χ1) is 11.2. The summed E-state index contributed by atoms with van der Waals surface area (Å²) in [5, 5.41) is 0. The maximum Gasteiger partial charge on any atom is -0.0411 e. The van der Waals surface area contributed by atoms with Crippen LogP contribution in [0.25, 0.3) is 0 Å². The van der Waals surface area contributed by atoms with E-state index in [1.165, 1.54) is 51.4 Å². The van der Waals surface area contributed by atoms with Gasteiger partial charge in [0.25, 0.3) is 0 Å². The zero-order chi connectivity index (χ0) is 18.7. The summed E-state index contributed by atoms with van der Waals surface area (Å²) in [4.78, 5) is 0. The highest BCUT2D eigenvalue weighted by atomic mass is 14.3. The highest BCUT2D eigenvalue weighted by molar-refractivity contribution is 4.76. The van der Waals surface area contributed by atoms with Crippen LogP contribution in [0, 0.1) is 23.7 Å². The zero-order valence-electron chi connectivity index (χ0n) is 18.7. The first-order valence-electron chi connectivity index (χ1n) is 11.2. The van der Waals surface area contributed by atoms with E-state index in [0.29, 0.717) is 0 Å². The smallest absolute Gasteiger partial charge is 0.0411 e. The SMILES string of the molecule is CC.CC.CC.CC.CC1CCC(CC2CCC(C)CC2)CC1. The van der Waals surface area contributed by atoms with Crippen LogP contribution in [0.5, 0.6) is 0 Å². The van der Waals surface area contributed by atoms with Crippen molar-refractivity contribution >= 4 is 0 Å². The van der Waals surface area contributed by atoms with E-state index in [2.05, 4.69) is 13.8 Å². The summed E-state index contributed by atoms with van der Waals surface area (Å²) in [5.74, 6) is 4.24. The Labute approximate surface area is 151 Å². The van der Waals surface area contributed by atoms with Gasteiger partial charge in [-0.2, -0.15) is 0 Å². The Morgan fingerprint density at radius 1 is 0.435 bits per heavy atom. The van der Waals surface area contributed by atoms with Gasteiger partial charge in [0.2, 0.25) is 0 Å². The van der Waals surface area contributed by atoms with Crippen LogP contribution in [0.1, 0.15) is 127 Å². The van der Waals surface area contributed by atoms with Crippen molar-refractivity contribution in [1.82, 2.24) is 0 Å². The number of hydrogen-bond acceptors (Lipinski definition) is 0. The fourth-order valence-corrected chi connectivity index (χ4v) is 3.60. The molecule has 0 bridgehead atoms. The Bertz CT molecular complexity index is 148. The van der Waals surface area contributed by atoms with Gasteiger partial charge in [0, 0.05) is 0 Å². The number of rotatable bonds is 2. The van der Waals surface area contributed by atoms with Gasteiger partial charge in [0.05, 0.1) is 0 Å². The topological polar surface area (TPSA) is 0 Å². The molecule has 0 aromatic heterocycles. The van der Waals surface area contributed by atoms with Gasteiger partial charge in [-0.15, -0.1) is 0 Å². The first kappa shape index (κ1) is 27.8. The molecular weight excluding hydrogens is 276 g/mol. The summed E-state index contributed by atoms with van der Waals surface area (Å²) in [6.07, 6.45) is 13.7. The molecule has 0 atom stereocenters. The summed E-state index contributed by atoms with van der Waals surface area (Å²) in [6, 6.07) is 0. The van der Waals surface area contributed by atoms with Gasteiger partial charge in [-0.05, 0) is 30.1 Å². The Balaban J connectivity index is -0.000000438. The Kier molecular flexibility index (Phi) is 26.6. The second kappa shape index (κ2) is 22.0. The lowest BCUT2D eigenvalue weighted by molar-refractivity contribution is 0.201. The standard InChI is InChI=1S/C15H28.4C2H6/c1-12-3-7-14(8-4-12)11-15-9-5-13(2)6-10-15;4*1-2/h12-15H,3-11H2,1-2H3;4*1-2H3. The molecule has 0 aromatic carbocycles. The van der Waals surface area contributed by atoms with Crippen LogP contribution in [-0.2, 0) is 0 Å².